The molecule has 63 heavy (non-hydrogen) atoms. The summed E-state index contributed by atoms with van der Waals surface area (Å²) in [4.78, 5) is 0. The largest absolute Gasteiger partial charge is 0.308 e. The normalized spacial score (nSPS) is 13.7. The summed E-state index contributed by atoms with van der Waals surface area (Å²) in [6, 6.07) is 68.5. The number of fused-ring (bicyclic) bond motifs is 23. The Hall–Kier alpha value is -7.24. The number of aromatic nitrogens is 2. The Labute approximate surface area is 370 Å². The SMILES string of the molecule is CC1(C)c2cc(-n3c4ccccc4c4c5ccccc5c5c6ccccc6sc5c43)ccc2-c2ccc(-n3c4ccccc4c4c5ccccc5c5c6ccccc6sc5c43)cc21. The molecule has 15 rings (SSSR count). The maximum Gasteiger partial charge on any atom is 0.0726 e. The topological polar surface area (TPSA) is 9.86 Å². The number of hydrogen-bond acceptors (Lipinski definition) is 2. The highest BCUT2D eigenvalue weighted by Gasteiger charge is 2.37. The van der Waals surface area contributed by atoms with E-state index in [4.69, 9.17) is 0 Å². The van der Waals surface area contributed by atoms with Crippen LogP contribution in [0.4, 0.5) is 0 Å². The zero-order valence-corrected chi connectivity index (χ0v) is 36.2. The second-order valence-electron chi connectivity index (χ2n) is 17.9. The molecule has 10 aromatic carbocycles. The van der Waals surface area contributed by atoms with Crippen LogP contribution in [0.25, 0.3) is 128 Å². The van der Waals surface area contributed by atoms with Crippen LogP contribution in [0, 0.1) is 0 Å². The van der Waals surface area contributed by atoms with Crippen LogP contribution in [0.1, 0.15) is 25.0 Å². The molecule has 4 heterocycles. The third kappa shape index (κ3) is 4.28. The first-order valence-corrected chi connectivity index (χ1v) is 23.5. The van der Waals surface area contributed by atoms with Crippen molar-refractivity contribution in [2.75, 3.05) is 0 Å². The molecule has 0 bridgehead atoms. The van der Waals surface area contributed by atoms with Gasteiger partial charge in [-0.3, -0.25) is 0 Å². The zero-order chi connectivity index (χ0) is 41.3. The fourth-order valence-corrected chi connectivity index (χ4v) is 14.3. The van der Waals surface area contributed by atoms with Crippen molar-refractivity contribution in [2.45, 2.75) is 19.3 Å². The molecule has 2 nitrogen and oxygen atoms in total. The van der Waals surface area contributed by atoms with E-state index in [2.05, 4.69) is 205 Å². The fourth-order valence-electron chi connectivity index (χ4n) is 11.8. The van der Waals surface area contributed by atoms with Crippen molar-refractivity contribution >= 4 is 128 Å². The Bertz CT molecular complexity index is 4080. The standard InChI is InChI=1S/C59H36N2S2/c1-59(2)45-31-33(60-47-23-11-7-19-41(47)51-37-15-3-5-17-39(37)53-43-21-9-13-25-49(43)62-57(53)55(51)60)27-29-35(45)36-30-28-34(32-46(36)59)61-48-24-12-8-20-42(48)52-38-16-4-6-18-40(38)54-44-22-10-14-26-50(44)63-58(54)56(52)61/h3-32H,1-2H3. The van der Waals surface area contributed by atoms with Crippen molar-refractivity contribution in [2.24, 2.45) is 0 Å². The number of thiophene rings is 2. The molecule has 0 fully saturated rings. The van der Waals surface area contributed by atoms with E-state index >= 15 is 0 Å². The molecule has 0 atom stereocenters. The summed E-state index contributed by atoms with van der Waals surface area (Å²) in [5.74, 6) is 0. The molecular weight excluding hydrogens is 801 g/mol. The van der Waals surface area contributed by atoms with Gasteiger partial charge in [0.1, 0.15) is 0 Å². The Morgan fingerprint density at radius 2 is 0.698 bits per heavy atom. The highest BCUT2D eigenvalue weighted by Crippen LogP contribution is 2.53. The molecule has 294 valence electrons. The summed E-state index contributed by atoms with van der Waals surface area (Å²) in [6.07, 6.45) is 0. The van der Waals surface area contributed by atoms with Gasteiger partial charge in [0, 0.05) is 69.3 Å². The van der Waals surface area contributed by atoms with Crippen LogP contribution in [0.5, 0.6) is 0 Å². The molecule has 0 spiro atoms. The van der Waals surface area contributed by atoms with Crippen molar-refractivity contribution in [3.05, 3.63) is 193 Å². The van der Waals surface area contributed by atoms with Crippen molar-refractivity contribution in [3.63, 3.8) is 0 Å². The van der Waals surface area contributed by atoms with Crippen LogP contribution in [0.15, 0.2) is 182 Å². The number of para-hydroxylation sites is 2. The van der Waals surface area contributed by atoms with E-state index in [0.29, 0.717) is 0 Å². The van der Waals surface area contributed by atoms with Gasteiger partial charge >= 0.3 is 0 Å². The lowest BCUT2D eigenvalue weighted by atomic mass is 9.82. The summed E-state index contributed by atoms with van der Waals surface area (Å²) in [7, 11) is 0. The van der Waals surface area contributed by atoms with E-state index in [1.54, 1.807) is 0 Å². The molecule has 4 aromatic heterocycles. The van der Waals surface area contributed by atoms with Gasteiger partial charge in [-0.1, -0.05) is 147 Å². The van der Waals surface area contributed by atoms with Gasteiger partial charge in [-0.2, -0.15) is 0 Å². The van der Waals surface area contributed by atoms with Crippen LogP contribution < -0.4 is 0 Å². The lowest BCUT2D eigenvalue weighted by molar-refractivity contribution is 0.659. The summed E-state index contributed by atoms with van der Waals surface area (Å²) in [5, 5.41) is 15.9. The van der Waals surface area contributed by atoms with Gasteiger partial charge in [0.2, 0.25) is 0 Å². The highest BCUT2D eigenvalue weighted by atomic mass is 32.1. The van der Waals surface area contributed by atoms with Crippen molar-refractivity contribution < 1.29 is 0 Å². The molecule has 0 unspecified atom stereocenters. The Morgan fingerprint density at radius 3 is 1.13 bits per heavy atom. The maximum atomic E-state index is 2.57. The van der Waals surface area contributed by atoms with Gasteiger partial charge in [0.15, 0.2) is 0 Å². The van der Waals surface area contributed by atoms with Gasteiger partial charge in [-0.05, 0) is 92.3 Å². The molecule has 0 radical (unpaired) electrons. The molecule has 14 aromatic rings. The zero-order valence-electron chi connectivity index (χ0n) is 34.5. The van der Waals surface area contributed by atoms with E-state index < -0.39 is 0 Å². The van der Waals surface area contributed by atoms with Crippen molar-refractivity contribution in [3.8, 4) is 22.5 Å². The molecule has 0 saturated carbocycles. The second kappa shape index (κ2) is 12.0. The van der Waals surface area contributed by atoms with Gasteiger partial charge < -0.3 is 9.13 Å². The number of benzene rings is 10. The summed E-state index contributed by atoms with van der Waals surface area (Å²) in [6.45, 7) is 4.86. The number of hydrogen-bond donors (Lipinski definition) is 0. The third-order valence-corrected chi connectivity index (χ3v) is 16.8. The van der Waals surface area contributed by atoms with Crippen LogP contribution in [0.2, 0.25) is 0 Å². The molecule has 1 aliphatic rings. The number of rotatable bonds is 2. The smallest absolute Gasteiger partial charge is 0.0726 e. The first-order valence-electron chi connectivity index (χ1n) is 21.8. The summed E-state index contributed by atoms with van der Waals surface area (Å²) < 4.78 is 10.5. The maximum absolute atomic E-state index is 2.57. The van der Waals surface area contributed by atoms with Gasteiger partial charge in [-0.15, -0.1) is 22.7 Å². The quantitative estimate of drug-likeness (QED) is 0.164. The molecule has 1 aliphatic carbocycles. The minimum atomic E-state index is -0.243. The monoisotopic (exact) mass is 836 g/mol. The average molecular weight is 837 g/mol. The summed E-state index contributed by atoms with van der Waals surface area (Å²) in [5.41, 5.74) is 12.6. The first-order chi connectivity index (χ1) is 31.0. The Balaban J connectivity index is 0.980. The van der Waals surface area contributed by atoms with Gasteiger partial charge in [0.05, 0.1) is 31.5 Å². The van der Waals surface area contributed by atoms with E-state index in [9.17, 15) is 0 Å². The lowest BCUT2D eigenvalue weighted by Gasteiger charge is -2.23. The Morgan fingerprint density at radius 1 is 0.349 bits per heavy atom. The third-order valence-electron chi connectivity index (χ3n) is 14.5. The first kappa shape index (κ1) is 34.4. The molecule has 0 amide bonds. The lowest BCUT2D eigenvalue weighted by Crippen LogP contribution is -2.16. The molecule has 0 aliphatic heterocycles. The van der Waals surface area contributed by atoms with Crippen LogP contribution in [-0.4, -0.2) is 9.13 Å². The second-order valence-corrected chi connectivity index (χ2v) is 20.0. The van der Waals surface area contributed by atoms with Gasteiger partial charge in [-0.25, -0.2) is 0 Å². The van der Waals surface area contributed by atoms with E-state index in [1.807, 2.05) is 22.7 Å². The van der Waals surface area contributed by atoms with Crippen molar-refractivity contribution in [1.82, 2.24) is 9.13 Å². The van der Waals surface area contributed by atoms with E-state index in [1.165, 1.54) is 139 Å². The van der Waals surface area contributed by atoms with Crippen LogP contribution in [-0.2, 0) is 5.41 Å². The predicted octanol–water partition coefficient (Wildman–Crippen LogP) is 17.2. The van der Waals surface area contributed by atoms with Crippen molar-refractivity contribution in [1.29, 1.82) is 0 Å². The molecule has 0 saturated heterocycles. The van der Waals surface area contributed by atoms with E-state index in [0.717, 1.165) is 0 Å². The molecule has 0 N–H and O–H groups in total. The van der Waals surface area contributed by atoms with Gasteiger partial charge in [0.25, 0.3) is 0 Å². The predicted molar refractivity (Wildman–Crippen MR) is 273 cm³/mol. The highest BCUT2D eigenvalue weighted by molar-refractivity contribution is 7.27. The summed E-state index contributed by atoms with van der Waals surface area (Å²) >= 11 is 3.85. The molecular formula is C59H36N2S2. The minimum Gasteiger partial charge on any atom is -0.308 e. The van der Waals surface area contributed by atoms with E-state index in [-0.39, 0.29) is 5.41 Å². The van der Waals surface area contributed by atoms with Crippen LogP contribution >= 0.6 is 22.7 Å². The minimum absolute atomic E-state index is 0.243. The average Bonchev–Trinajstić information content (AvgIpc) is 4.13. The molecule has 4 heteroatoms. The number of nitrogens with zero attached hydrogens (tertiary/aromatic N) is 2. The van der Waals surface area contributed by atoms with Crippen LogP contribution in [0.3, 0.4) is 0 Å². The fraction of sp³-hybridized carbons (Fsp3) is 0.0508. The Kier molecular flexibility index (Phi) is 6.55.